The molecule has 0 aliphatic heterocycles. The van der Waals surface area contributed by atoms with Gasteiger partial charge in [0.25, 0.3) is 0 Å². The fourth-order valence-electron chi connectivity index (χ4n) is 3.47. The van der Waals surface area contributed by atoms with Crippen LogP contribution in [-0.4, -0.2) is 99.1 Å². The van der Waals surface area contributed by atoms with E-state index in [0.29, 0.717) is 5.56 Å². The number of aliphatic hydroxyl groups is 2. The third kappa shape index (κ3) is 15.7. The Morgan fingerprint density at radius 1 is 0.588 bits per heavy atom. The van der Waals surface area contributed by atoms with E-state index in [1.165, 1.54) is 39.8 Å². The zero-order valence-corrected chi connectivity index (χ0v) is 29.3. The van der Waals surface area contributed by atoms with Gasteiger partial charge in [0, 0.05) is 34.5 Å². The number of carbonyl (C=O) groups excluding carboxylic acids is 6. The number of rotatable bonds is 21. The maximum atomic E-state index is 12.7. The van der Waals surface area contributed by atoms with Crippen molar-refractivity contribution in [3.63, 3.8) is 0 Å². The highest BCUT2D eigenvalue weighted by Crippen LogP contribution is 2.22. The van der Waals surface area contributed by atoms with Gasteiger partial charge in [-0.3, -0.25) is 5.32 Å². The maximum Gasteiger partial charge on any atom is 0.411 e. The summed E-state index contributed by atoms with van der Waals surface area (Å²) in [6.45, 7) is 15.2. The van der Waals surface area contributed by atoms with Gasteiger partial charge in [-0.15, -0.1) is 0 Å². The van der Waals surface area contributed by atoms with Crippen molar-refractivity contribution in [3.8, 4) is 0 Å². The lowest BCUT2D eigenvalue weighted by molar-refractivity contribution is -0.155. The lowest BCUT2D eigenvalue weighted by Crippen LogP contribution is -2.43. The molecule has 1 aromatic carbocycles. The monoisotopic (exact) mass is 718 g/mol. The Bertz CT molecular complexity index is 1440. The minimum atomic E-state index is -1.51. The van der Waals surface area contributed by atoms with Gasteiger partial charge in [0.1, 0.15) is 39.6 Å². The molecule has 0 aromatic heterocycles. The minimum Gasteiger partial charge on any atom is -0.461 e. The first-order valence-corrected chi connectivity index (χ1v) is 15.3. The van der Waals surface area contributed by atoms with Gasteiger partial charge in [0.15, 0.2) is 0 Å². The summed E-state index contributed by atoms with van der Waals surface area (Å²) in [5, 5.41) is 25.2. The van der Waals surface area contributed by atoms with Gasteiger partial charge < -0.3 is 44.0 Å². The van der Waals surface area contributed by atoms with Crippen LogP contribution in [-0.2, 0) is 54.1 Å². The summed E-state index contributed by atoms with van der Waals surface area (Å²) in [5.74, 6) is -3.05. The fraction of sp³-hybridized carbons (Fsp3) is 0.429. The van der Waals surface area contributed by atoms with Crippen molar-refractivity contribution in [1.82, 2.24) is 5.32 Å². The molecule has 0 aliphatic carbocycles. The highest BCUT2D eigenvalue weighted by molar-refractivity contribution is 5.88. The number of esters is 4. The standard InChI is InChI=1S/C35H46N2O14/c1-22(2)28(40)46-16-34(14-38,17-47-29(41)23(3)4)20-50-32(44)36-13-26-10-9-11-27(12-26)37-33(45)51-21-35(15-39,18-48-30(42)24(5)6)19-49-31(43)25(7)8/h9-12,38-39H,1,3,5,7,13-21H2,2,4,6,8H3,(H,36,44)(H,37,45). The van der Waals surface area contributed by atoms with Gasteiger partial charge >= 0.3 is 36.1 Å². The molecule has 0 saturated carbocycles. The van der Waals surface area contributed by atoms with Crippen molar-refractivity contribution in [3.05, 3.63) is 78.4 Å². The van der Waals surface area contributed by atoms with Crippen LogP contribution in [0.25, 0.3) is 0 Å². The van der Waals surface area contributed by atoms with E-state index in [1.54, 1.807) is 12.1 Å². The van der Waals surface area contributed by atoms with E-state index >= 15 is 0 Å². The number of benzene rings is 1. The number of carbonyl (C=O) groups is 6. The molecule has 0 aliphatic rings. The van der Waals surface area contributed by atoms with Crippen molar-refractivity contribution in [2.24, 2.45) is 10.8 Å². The molecule has 0 atom stereocenters. The number of hydrogen-bond acceptors (Lipinski definition) is 14. The van der Waals surface area contributed by atoms with Crippen molar-refractivity contribution in [2.45, 2.75) is 34.2 Å². The van der Waals surface area contributed by atoms with Gasteiger partial charge in [-0.2, -0.15) is 0 Å². The van der Waals surface area contributed by atoms with E-state index in [4.69, 9.17) is 28.4 Å². The molecule has 1 aromatic rings. The Kier molecular flexibility index (Phi) is 17.8. The van der Waals surface area contributed by atoms with Crippen LogP contribution in [0.3, 0.4) is 0 Å². The van der Waals surface area contributed by atoms with Crippen LogP contribution in [0, 0.1) is 10.8 Å². The highest BCUT2D eigenvalue weighted by Gasteiger charge is 2.37. The average Bonchev–Trinajstić information content (AvgIpc) is 3.09. The van der Waals surface area contributed by atoms with Crippen LogP contribution in [0.1, 0.15) is 33.3 Å². The van der Waals surface area contributed by atoms with Crippen LogP contribution in [0.4, 0.5) is 15.3 Å². The molecule has 51 heavy (non-hydrogen) atoms. The van der Waals surface area contributed by atoms with Crippen LogP contribution >= 0.6 is 0 Å². The molecule has 0 radical (unpaired) electrons. The highest BCUT2D eigenvalue weighted by atomic mass is 16.6. The summed E-state index contributed by atoms with van der Waals surface area (Å²) in [4.78, 5) is 73.1. The molecule has 0 bridgehead atoms. The lowest BCUT2D eigenvalue weighted by Gasteiger charge is -2.30. The summed E-state index contributed by atoms with van der Waals surface area (Å²) in [6.07, 6.45) is -1.89. The molecular weight excluding hydrogens is 672 g/mol. The summed E-state index contributed by atoms with van der Waals surface area (Å²) in [6, 6.07) is 6.24. The Labute approximate surface area is 296 Å². The first kappa shape index (κ1) is 43.5. The summed E-state index contributed by atoms with van der Waals surface area (Å²) < 4.78 is 31.1. The molecule has 0 saturated heterocycles. The number of ether oxygens (including phenoxy) is 6. The summed E-state index contributed by atoms with van der Waals surface area (Å²) in [7, 11) is 0. The second-order valence-electron chi connectivity index (χ2n) is 12.1. The second-order valence-corrected chi connectivity index (χ2v) is 12.1. The average molecular weight is 719 g/mol. The largest absolute Gasteiger partial charge is 0.461 e. The van der Waals surface area contributed by atoms with Crippen molar-refractivity contribution >= 4 is 41.8 Å². The van der Waals surface area contributed by atoms with Crippen LogP contribution in [0.15, 0.2) is 72.9 Å². The molecule has 16 heteroatoms. The van der Waals surface area contributed by atoms with Gasteiger partial charge in [-0.05, 0) is 45.4 Å². The van der Waals surface area contributed by atoms with E-state index in [9.17, 15) is 39.0 Å². The van der Waals surface area contributed by atoms with Crippen molar-refractivity contribution < 1.29 is 67.4 Å². The Morgan fingerprint density at radius 2 is 0.941 bits per heavy atom. The maximum absolute atomic E-state index is 12.7. The van der Waals surface area contributed by atoms with Gasteiger partial charge in [-0.1, -0.05) is 38.4 Å². The Morgan fingerprint density at radius 3 is 1.29 bits per heavy atom. The zero-order chi connectivity index (χ0) is 38.8. The summed E-state index contributed by atoms with van der Waals surface area (Å²) in [5.41, 5.74) is -1.89. The molecule has 0 unspecified atom stereocenters. The third-order valence-corrected chi connectivity index (χ3v) is 6.73. The van der Waals surface area contributed by atoms with E-state index in [-0.39, 0.29) is 34.5 Å². The number of anilines is 1. The quantitative estimate of drug-likeness (QED) is 0.0816. The number of aliphatic hydroxyl groups excluding tert-OH is 2. The molecule has 0 spiro atoms. The predicted molar refractivity (Wildman–Crippen MR) is 182 cm³/mol. The minimum absolute atomic E-state index is 0.0827. The van der Waals surface area contributed by atoms with E-state index in [0.717, 1.165) is 0 Å². The molecule has 0 fully saturated rings. The topological polar surface area (TPSA) is 222 Å². The Balaban J connectivity index is 2.88. The van der Waals surface area contributed by atoms with E-state index in [1.807, 2.05) is 0 Å². The number of hydrogen-bond donors (Lipinski definition) is 4. The smallest absolute Gasteiger partial charge is 0.411 e. The molecule has 0 heterocycles. The number of alkyl carbamates (subject to hydrolysis) is 1. The van der Waals surface area contributed by atoms with Crippen LogP contribution < -0.4 is 10.6 Å². The molecular formula is C35H46N2O14. The molecule has 1 rings (SSSR count). The third-order valence-electron chi connectivity index (χ3n) is 6.73. The zero-order valence-electron chi connectivity index (χ0n) is 29.3. The number of amides is 2. The van der Waals surface area contributed by atoms with Crippen LogP contribution in [0.5, 0.6) is 0 Å². The normalized spacial score (nSPS) is 10.9. The van der Waals surface area contributed by atoms with Crippen LogP contribution in [0.2, 0.25) is 0 Å². The van der Waals surface area contributed by atoms with Gasteiger partial charge in [0.2, 0.25) is 0 Å². The SMILES string of the molecule is C=C(C)C(=O)OCC(CO)(COC(=O)NCc1cccc(NC(=O)OCC(CO)(COC(=O)C(=C)C)COC(=O)C(=C)C)c1)COC(=O)C(=C)C. The first-order chi connectivity index (χ1) is 23.9. The van der Waals surface area contributed by atoms with E-state index < -0.39 is 99.7 Å². The lowest BCUT2D eigenvalue weighted by atomic mass is 9.92. The van der Waals surface area contributed by atoms with E-state index in [2.05, 4.69) is 36.9 Å². The number of nitrogens with one attached hydrogen (secondary N) is 2. The van der Waals surface area contributed by atoms with Crippen molar-refractivity contribution in [2.75, 3.05) is 58.2 Å². The molecule has 4 N–H and O–H groups in total. The molecule has 16 nitrogen and oxygen atoms in total. The molecule has 2 amide bonds. The van der Waals surface area contributed by atoms with Gasteiger partial charge in [-0.25, -0.2) is 28.8 Å². The first-order valence-electron chi connectivity index (χ1n) is 15.3. The van der Waals surface area contributed by atoms with Crippen molar-refractivity contribution in [1.29, 1.82) is 0 Å². The summed E-state index contributed by atoms with van der Waals surface area (Å²) >= 11 is 0. The predicted octanol–water partition coefficient (Wildman–Crippen LogP) is 2.90. The Hall–Kier alpha value is -5.48. The fourth-order valence-corrected chi connectivity index (χ4v) is 3.47. The van der Waals surface area contributed by atoms with Gasteiger partial charge in [0.05, 0.1) is 24.0 Å². The molecule has 280 valence electrons. The second kappa shape index (κ2) is 20.9.